The van der Waals surface area contributed by atoms with E-state index in [1.807, 2.05) is 7.05 Å². The molecule has 2 heterocycles. The summed E-state index contributed by atoms with van der Waals surface area (Å²) < 4.78 is 5.20. The van der Waals surface area contributed by atoms with Crippen molar-refractivity contribution >= 4 is 5.96 Å². The van der Waals surface area contributed by atoms with Gasteiger partial charge in [-0.3, -0.25) is 9.89 Å². The maximum absolute atomic E-state index is 5.20. The lowest BCUT2D eigenvalue weighted by Gasteiger charge is -2.38. The maximum Gasteiger partial charge on any atom is 0.191 e. The van der Waals surface area contributed by atoms with Crippen molar-refractivity contribution in [1.82, 2.24) is 20.4 Å². The second-order valence-electron chi connectivity index (χ2n) is 8.90. The van der Waals surface area contributed by atoms with E-state index in [4.69, 9.17) is 4.74 Å². The van der Waals surface area contributed by atoms with Crippen LogP contribution in [-0.2, 0) is 11.3 Å². The number of hydrogen-bond acceptors (Lipinski definition) is 4. The lowest BCUT2D eigenvalue weighted by molar-refractivity contribution is 0.120. The zero-order valence-corrected chi connectivity index (χ0v) is 19.1. The van der Waals surface area contributed by atoms with Crippen LogP contribution in [0.4, 0.5) is 0 Å². The highest BCUT2D eigenvalue weighted by atomic mass is 16.5. The Hall–Kier alpha value is -1.63. The maximum atomic E-state index is 5.20. The summed E-state index contributed by atoms with van der Waals surface area (Å²) in [6, 6.07) is 11.9. The van der Waals surface area contributed by atoms with Gasteiger partial charge in [0.15, 0.2) is 5.96 Å². The predicted molar refractivity (Wildman–Crippen MR) is 125 cm³/mol. The molecule has 6 nitrogen and oxygen atoms in total. The van der Waals surface area contributed by atoms with Gasteiger partial charge in [-0.05, 0) is 57.2 Å². The Labute approximate surface area is 183 Å². The average molecular weight is 416 g/mol. The van der Waals surface area contributed by atoms with Crippen LogP contribution in [0.5, 0.6) is 0 Å². The molecule has 0 bridgehead atoms. The number of hydrogen-bond donors (Lipinski definition) is 2. The summed E-state index contributed by atoms with van der Waals surface area (Å²) in [7, 11) is 3.67. The Morgan fingerprint density at radius 2 is 1.90 bits per heavy atom. The fourth-order valence-electron chi connectivity index (χ4n) is 4.67. The normalized spacial score (nSPS) is 24.7. The van der Waals surface area contributed by atoms with Crippen molar-refractivity contribution in [3.8, 4) is 0 Å². The Balaban J connectivity index is 1.36. The first kappa shape index (κ1) is 23.0. The average Bonchev–Trinajstić information content (AvgIpc) is 2.78. The summed E-state index contributed by atoms with van der Waals surface area (Å²) in [6.07, 6.45) is 4.83. The van der Waals surface area contributed by atoms with Gasteiger partial charge in [0.1, 0.15) is 0 Å². The van der Waals surface area contributed by atoms with Crippen LogP contribution in [0.25, 0.3) is 0 Å². The standard InChI is InChI=1S/C24H41N5O/c1-20-17-23(11-14-29(20)19-22-7-5-4-6-8-22)27-24(25-2)26-18-21-9-12-28(13-10-21)15-16-30-3/h4-8,20-21,23H,9-19H2,1-3H3,(H2,25,26,27). The van der Waals surface area contributed by atoms with Crippen LogP contribution < -0.4 is 10.6 Å². The van der Waals surface area contributed by atoms with Crippen molar-refractivity contribution in [2.45, 2.75) is 51.2 Å². The van der Waals surface area contributed by atoms with Gasteiger partial charge < -0.3 is 20.3 Å². The van der Waals surface area contributed by atoms with E-state index >= 15 is 0 Å². The summed E-state index contributed by atoms with van der Waals surface area (Å²) >= 11 is 0. The Morgan fingerprint density at radius 3 is 2.57 bits per heavy atom. The molecule has 6 heteroatoms. The second-order valence-corrected chi connectivity index (χ2v) is 8.90. The van der Waals surface area contributed by atoms with Gasteiger partial charge in [0.25, 0.3) is 0 Å². The van der Waals surface area contributed by atoms with Crippen molar-refractivity contribution in [1.29, 1.82) is 0 Å². The number of aliphatic imine (C=N–C) groups is 1. The molecular weight excluding hydrogens is 374 g/mol. The molecule has 0 aromatic heterocycles. The fourth-order valence-corrected chi connectivity index (χ4v) is 4.67. The topological polar surface area (TPSA) is 52.1 Å². The molecule has 2 N–H and O–H groups in total. The van der Waals surface area contributed by atoms with Crippen molar-refractivity contribution in [2.75, 3.05) is 53.5 Å². The largest absolute Gasteiger partial charge is 0.383 e. The van der Waals surface area contributed by atoms with E-state index < -0.39 is 0 Å². The molecule has 1 aromatic rings. The monoisotopic (exact) mass is 415 g/mol. The van der Waals surface area contributed by atoms with Crippen LogP contribution in [-0.4, -0.2) is 81.3 Å². The molecule has 2 atom stereocenters. The molecular formula is C24H41N5O. The first-order chi connectivity index (χ1) is 14.7. The minimum absolute atomic E-state index is 0.495. The Kier molecular flexibility index (Phi) is 9.43. The van der Waals surface area contributed by atoms with Gasteiger partial charge in [-0.25, -0.2) is 0 Å². The molecule has 168 valence electrons. The smallest absolute Gasteiger partial charge is 0.191 e. The molecule has 2 fully saturated rings. The van der Waals surface area contributed by atoms with Gasteiger partial charge in [0.2, 0.25) is 0 Å². The number of ether oxygens (including phenoxy) is 1. The molecule has 0 radical (unpaired) electrons. The third-order valence-corrected chi connectivity index (χ3v) is 6.68. The number of nitrogens with zero attached hydrogens (tertiary/aromatic N) is 3. The molecule has 3 rings (SSSR count). The summed E-state index contributed by atoms with van der Waals surface area (Å²) in [5.74, 6) is 1.69. The third kappa shape index (κ3) is 7.25. The van der Waals surface area contributed by atoms with Crippen LogP contribution in [0.1, 0.15) is 38.2 Å². The number of guanidine groups is 1. The first-order valence-corrected chi connectivity index (χ1v) is 11.6. The van der Waals surface area contributed by atoms with E-state index in [0.29, 0.717) is 12.1 Å². The number of piperidine rings is 2. The van der Waals surface area contributed by atoms with Gasteiger partial charge in [-0.15, -0.1) is 0 Å². The molecule has 1 aromatic carbocycles. The molecule has 2 saturated heterocycles. The lowest BCUT2D eigenvalue weighted by Crippen LogP contribution is -2.52. The second kappa shape index (κ2) is 12.3. The minimum atomic E-state index is 0.495. The first-order valence-electron chi connectivity index (χ1n) is 11.6. The van der Waals surface area contributed by atoms with E-state index in [2.05, 4.69) is 62.7 Å². The van der Waals surface area contributed by atoms with E-state index in [0.717, 1.165) is 57.5 Å². The predicted octanol–water partition coefficient (Wildman–Crippen LogP) is 2.56. The van der Waals surface area contributed by atoms with E-state index in [1.54, 1.807) is 7.11 Å². The van der Waals surface area contributed by atoms with Crippen molar-refractivity contribution in [3.05, 3.63) is 35.9 Å². The van der Waals surface area contributed by atoms with Crippen LogP contribution >= 0.6 is 0 Å². The Morgan fingerprint density at radius 1 is 1.13 bits per heavy atom. The SMILES string of the molecule is CN=C(NCC1CCN(CCOC)CC1)NC1CCN(Cc2ccccc2)C(C)C1. The zero-order valence-electron chi connectivity index (χ0n) is 19.1. The Bertz CT molecular complexity index is 630. The van der Waals surface area contributed by atoms with Crippen LogP contribution in [0, 0.1) is 5.92 Å². The summed E-state index contributed by atoms with van der Waals surface area (Å²) in [6.45, 7) is 9.79. The molecule has 0 spiro atoms. The minimum Gasteiger partial charge on any atom is -0.383 e. The molecule has 30 heavy (non-hydrogen) atoms. The highest BCUT2D eigenvalue weighted by Crippen LogP contribution is 2.20. The van der Waals surface area contributed by atoms with Gasteiger partial charge in [-0.2, -0.15) is 0 Å². The summed E-state index contributed by atoms with van der Waals surface area (Å²) in [4.78, 5) is 9.60. The van der Waals surface area contributed by atoms with Gasteiger partial charge in [0.05, 0.1) is 6.61 Å². The molecule has 2 unspecified atom stereocenters. The summed E-state index contributed by atoms with van der Waals surface area (Å²) in [5, 5.41) is 7.27. The fraction of sp³-hybridized carbons (Fsp3) is 0.708. The molecule has 0 saturated carbocycles. The molecule has 0 amide bonds. The highest BCUT2D eigenvalue weighted by Gasteiger charge is 2.26. The van der Waals surface area contributed by atoms with Crippen LogP contribution in [0.3, 0.4) is 0 Å². The van der Waals surface area contributed by atoms with Crippen molar-refractivity contribution in [3.63, 3.8) is 0 Å². The quantitative estimate of drug-likeness (QED) is 0.505. The number of benzene rings is 1. The highest BCUT2D eigenvalue weighted by molar-refractivity contribution is 5.79. The van der Waals surface area contributed by atoms with E-state index in [9.17, 15) is 0 Å². The number of rotatable bonds is 8. The summed E-state index contributed by atoms with van der Waals surface area (Å²) in [5.41, 5.74) is 1.40. The number of methoxy groups -OCH3 is 1. The van der Waals surface area contributed by atoms with Crippen molar-refractivity contribution < 1.29 is 4.74 Å². The number of nitrogens with one attached hydrogen (secondary N) is 2. The molecule has 0 aliphatic carbocycles. The van der Waals surface area contributed by atoms with Gasteiger partial charge in [-0.1, -0.05) is 30.3 Å². The molecule has 2 aliphatic heterocycles. The zero-order chi connectivity index (χ0) is 21.2. The van der Waals surface area contributed by atoms with E-state index in [1.165, 1.54) is 31.5 Å². The van der Waals surface area contributed by atoms with Gasteiger partial charge >= 0.3 is 0 Å². The number of likely N-dealkylation sites (tertiary alicyclic amines) is 2. The lowest BCUT2D eigenvalue weighted by atomic mass is 9.96. The third-order valence-electron chi connectivity index (χ3n) is 6.68. The molecule has 2 aliphatic rings. The van der Waals surface area contributed by atoms with Crippen LogP contribution in [0.2, 0.25) is 0 Å². The van der Waals surface area contributed by atoms with E-state index in [-0.39, 0.29) is 0 Å². The van der Waals surface area contributed by atoms with Gasteiger partial charge in [0, 0.05) is 52.4 Å². The van der Waals surface area contributed by atoms with Crippen molar-refractivity contribution in [2.24, 2.45) is 10.9 Å². The van der Waals surface area contributed by atoms with Crippen LogP contribution in [0.15, 0.2) is 35.3 Å².